The molecule has 4 nitrogen and oxygen atoms in total. The van der Waals surface area contributed by atoms with Crippen LogP contribution in [0.5, 0.6) is 11.5 Å². The molecule has 0 saturated carbocycles. The lowest BCUT2D eigenvalue weighted by atomic mass is 10.3. The van der Waals surface area contributed by atoms with Gasteiger partial charge in [-0.2, -0.15) is 0 Å². The first-order chi connectivity index (χ1) is 7.77. The maximum Gasteiger partial charge on any atom is 0.145 e. The van der Waals surface area contributed by atoms with Gasteiger partial charge < -0.3 is 19.9 Å². The second-order valence-corrected chi connectivity index (χ2v) is 3.18. The lowest BCUT2D eigenvalue weighted by Crippen LogP contribution is -2.06. The Bertz CT molecular complexity index is 315. The van der Waals surface area contributed by atoms with E-state index in [0.717, 1.165) is 5.75 Å². The Labute approximate surface area is 96.3 Å². The third-order valence-corrected chi connectivity index (χ3v) is 1.99. The molecular weight excluding hydrogens is 206 g/mol. The minimum atomic E-state index is 0.531. The van der Waals surface area contributed by atoms with E-state index in [-0.39, 0.29) is 0 Å². The molecule has 0 spiro atoms. The Morgan fingerprint density at radius 2 is 1.88 bits per heavy atom. The molecule has 0 aliphatic rings. The fourth-order valence-corrected chi connectivity index (χ4v) is 1.25. The van der Waals surface area contributed by atoms with Crippen molar-refractivity contribution >= 4 is 5.69 Å². The Hall–Kier alpha value is -1.42. The van der Waals surface area contributed by atoms with Gasteiger partial charge in [-0.25, -0.2) is 0 Å². The van der Waals surface area contributed by atoms with Crippen LogP contribution in [0.25, 0.3) is 0 Å². The lowest BCUT2D eigenvalue weighted by molar-refractivity contribution is 0.110. The van der Waals surface area contributed by atoms with E-state index in [1.54, 1.807) is 12.1 Å². The zero-order valence-electron chi connectivity index (χ0n) is 9.86. The van der Waals surface area contributed by atoms with Gasteiger partial charge >= 0.3 is 0 Å². The predicted octanol–water partition coefficient (Wildman–Crippen LogP) is 2.08. The van der Waals surface area contributed by atoms with Gasteiger partial charge in [-0.3, -0.25) is 0 Å². The smallest absolute Gasteiger partial charge is 0.145 e. The molecule has 1 aromatic rings. The molecule has 0 aliphatic carbocycles. The minimum Gasteiger partial charge on any atom is -0.492 e. The highest BCUT2D eigenvalue weighted by Crippen LogP contribution is 2.26. The Morgan fingerprint density at radius 3 is 2.56 bits per heavy atom. The summed E-state index contributed by atoms with van der Waals surface area (Å²) >= 11 is 0. The van der Waals surface area contributed by atoms with Crippen LogP contribution in [0.3, 0.4) is 0 Å². The van der Waals surface area contributed by atoms with Gasteiger partial charge in [-0.1, -0.05) is 0 Å². The lowest BCUT2D eigenvalue weighted by Gasteiger charge is -2.10. The standard InChI is InChI=1S/C12H19NO3/c1-3-14-7-8-16-10-5-6-11(13)12(9-10)15-4-2/h5-6,9H,3-4,7-8,13H2,1-2H3. The van der Waals surface area contributed by atoms with E-state index in [1.165, 1.54) is 0 Å². The van der Waals surface area contributed by atoms with Gasteiger partial charge in [0.15, 0.2) is 0 Å². The number of nitrogens with two attached hydrogens (primary N) is 1. The van der Waals surface area contributed by atoms with Crippen LogP contribution in [0, 0.1) is 0 Å². The summed E-state index contributed by atoms with van der Waals surface area (Å²) in [4.78, 5) is 0. The molecule has 4 heteroatoms. The third kappa shape index (κ3) is 3.98. The normalized spacial score (nSPS) is 10.1. The van der Waals surface area contributed by atoms with Crippen molar-refractivity contribution in [2.45, 2.75) is 13.8 Å². The summed E-state index contributed by atoms with van der Waals surface area (Å²) in [5, 5.41) is 0. The van der Waals surface area contributed by atoms with Crippen molar-refractivity contribution in [3.63, 3.8) is 0 Å². The molecule has 1 rings (SSSR count). The molecule has 0 fully saturated rings. The highest BCUT2D eigenvalue weighted by molar-refractivity contribution is 5.55. The van der Waals surface area contributed by atoms with Crippen molar-refractivity contribution < 1.29 is 14.2 Å². The summed E-state index contributed by atoms with van der Waals surface area (Å²) in [6, 6.07) is 5.40. The predicted molar refractivity (Wildman–Crippen MR) is 64.0 cm³/mol. The molecule has 0 amide bonds. The molecule has 0 aromatic heterocycles. The van der Waals surface area contributed by atoms with Crippen LogP contribution in [-0.2, 0) is 4.74 Å². The van der Waals surface area contributed by atoms with Gasteiger partial charge in [-0.05, 0) is 26.0 Å². The van der Waals surface area contributed by atoms with Crippen molar-refractivity contribution in [3.05, 3.63) is 18.2 Å². The van der Waals surface area contributed by atoms with E-state index < -0.39 is 0 Å². The number of hydrogen-bond acceptors (Lipinski definition) is 4. The summed E-state index contributed by atoms with van der Waals surface area (Å²) in [7, 11) is 0. The fourth-order valence-electron chi connectivity index (χ4n) is 1.25. The van der Waals surface area contributed by atoms with Crippen LogP contribution in [0.1, 0.15) is 13.8 Å². The van der Waals surface area contributed by atoms with Crippen molar-refractivity contribution in [3.8, 4) is 11.5 Å². The second kappa shape index (κ2) is 6.95. The minimum absolute atomic E-state index is 0.531. The SMILES string of the molecule is CCOCCOc1ccc(N)c(OCC)c1. The van der Waals surface area contributed by atoms with Crippen molar-refractivity contribution in [1.29, 1.82) is 0 Å². The molecule has 0 radical (unpaired) electrons. The van der Waals surface area contributed by atoms with E-state index in [4.69, 9.17) is 19.9 Å². The number of benzene rings is 1. The second-order valence-electron chi connectivity index (χ2n) is 3.18. The van der Waals surface area contributed by atoms with Gasteiger partial charge in [-0.15, -0.1) is 0 Å². The average molecular weight is 225 g/mol. The number of anilines is 1. The van der Waals surface area contributed by atoms with Gasteiger partial charge in [0.1, 0.15) is 18.1 Å². The third-order valence-electron chi connectivity index (χ3n) is 1.99. The van der Waals surface area contributed by atoms with Crippen molar-refractivity contribution in [2.75, 3.05) is 32.2 Å². The molecule has 0 saturated heterocycles. The molecule has 0 heterocycles. The number of rotatable bonds is 7. The van der Waals surface area contributed by atoms with Gasteiger partial charge in [0.05, 0.1) is 18.9 Å². The van der Waals surface area contributed by atoms with Crippen molar-refractivity contribution in [1.82, 2.24) is 0 Å². The molecule has 1 aromatic carbocycles. The summed E-state index contributed by atoms with van der Waals surface area (Å²) in [5.41, 5.74) is 6.37. The first-order valence-corrected chi connectivity index (χ1v) is 5.50. The summed E-state index contributed by atoms with van der Waals surface area (Å²) in [5.74, 6) is 1.41. The van der Waals surface area contributed by atoms with E-state index in [9.17, 15) is 0 Å². The van der Waals surface area contributed by atoms with E-state index in [0.29, 0.717) is 37.9 Å². The zero-order valence-corrected chi connectivity index (χ0v) is 9.86. The Morgan fingerprint density at radius 1 is 1.06 bits per heavy atom. The molecule has 16 heavy (non-hydrogen) atoms. The number of nitrogen functional groups attached to an aromatic ring is 1. The molecule has 0 bridgehead atoms. The van der Waals surface area contributed by atoms with Crippen LogP contribution in [0.2, 0.25) is 0 Å². The maximum atomic E-state index is 5.75. The van der Waals surface area contributed by atoms with Crippen LogP contribution < -0.4 is 15.2 Å². The highest BCUT2D eigenvalue weighted by Gasteiger charge is 2.02. The summed E-state index contributed by atoms with van der Waals surface area (Å²) in [6.07, 6.45) is 0. The molecule has 2 N–H and O–H groups in total. The molecule has 0 atom stereocenters. The first-order valence-electron chi connectivity index (χ1n) is 5.50. The topological polar surface area (TPSA) is 53.7 Å². The quantitative estimate of drug-likeness (QED) is 0.570. The van der Waals surface area contributed by atoms with E-state index in [2.05, 4.69) is 0 Å². The largest absolute Gasteiger partial charge is 0.492 e. The molecule has 0 aliphatic heterocycles. The van der Waals surface area contributed by atoms with Crippen LogP contribution in [0.4, 0.5) is 5.69 Å². The Kier molecular flexibility index (Phi) is 5.50. The fraction of sp³-hybridized carbons (Fsp3) is 0.500. The molecule has 90 valence electrons. The summed E-state index contributed by atoms with van der Waals surface area (Å²) in [6.45, 7) is 6.29. The van der Waals surface area contributed by atoms with E-state index >= 15 is 0 Å². The zero-order chi connectivity index (χ0) is 11.8. The highest BCUT2D eigenvalue weighted by atomic mass is 16.5. The van der Waals surface area contributed by atoms with Gasteiger partial charge in [0, 0.05) is 12.7 Å². The first kappa shape index (κ1) is 12.6. The van der Waals surface area contributed by atoms with Crippen LogP contribution in [-0.4, -0.2) is 26.4 Å². The summed E-state index contributed by atoms with van der Waals surface area (Å²) < 4.78 is 16.0. The van der Waals surface area contributed by atoms with Crippen LogP contribution in [0.15, 0.2) is 18.2 Å². The number of ether oxygens (including phenoxy) is 3. The average Bonchev–Trinajstić information content (AvgIpc) is 2.29. The van der Waals surface area contributed by atoms with Gasteiger partial charge in [0.25, 0.3) is 0 Å². The molecular formula is C12H19NO3. The maximum absolute atomic E-state index is 5.75. The Balaban J connectivity index is 2.50. The van der Waals surface area contributed by atoms with Crippen LogP contribution >= 0.6 is 0 Å². The monoisotopic (exact) mass is 225 g/mol. The number of hydrogen-bond donors (Lipinski definition) is 1. The van der Waals surface area contributed by atoms with Crippen molar-refractivity contribution in [2.24, 2.45) is 0 Å². The van der Waals surface area contributed by atoms with E-state index in [1.807, 2.05) is 19.9 Å². The molecule has 0 unspecified atom stereocenters. The van der Waals surface area contributed by atoms with Gasteiger partial charge in [0.2, 0.25) is 0 Å².